The van der Waals surface area contributed by atoms with Crippen molar-refractivity contribution in [2.75, 3.05) is 13.2 Å². The molecule has 1 unspecified atom stereocenters. The molecule has 1 atom stereocenters. The zero-order chi connectivity index (χ0) is 18.4. The van der Waals surface area contributed by atoms with E-state index in [1.54, 1.807) is 6.07 Å². The maximum absolute atomic E-state index is 12.6. The third kappa shape index (κ3) is 5.14. The van der Waals surface area contributed by atoms with Gasteiger partial charge in [-0.05, 0) is 67.9 Å². The molecule has 0 aliphatic carbocycles. The molecule has 0 spiro atoms. The Morgan fingerprint density at radius 1 is 0.960 bits per heavy atom. The lowest BCUT2D eigenvalue weighted by Crippen LogP contribution is -2.27. The Morgan fingerprint density at radius 2 is 1.60 bits per heavy atom. The summed E-state index contributed by atoms with van der Waals surface area (Å²) >= 11 is 0. The quantitative estimate of drug-likeness (QED) is 0.757. The van der Waals surface area contributed by atoms with Crippen LogP contribution in [0, 0.1) is 20.8 Å². The minimum Gasteiger partial charge on any atom is -0.396 e. The fourth-order valence-corrected chi connectivity index (χ4v) is 4.38. The van der Waals surface area contributed by atoms with Crippen LogP contribution in [-0.2, 0) is 10.0 Å². The summed E-state index contributed by atoms with van der Waals surface area (Å²) in [4.78, 5) is 0.342. The second-order valence-corrected chi connectivity index (χ2v) is 8.24. The molecule has 0 saturated heterocycles. The van der Waals surface area contributed by atoms with Crippen molar-refractivity contribution in [3.05, 3.63) is 64.7 Å². The average Bonchev–Trinajstić information content (AvgIpc) is 2.58. The molecule has 136 valence electrons. The molecule has 0 heterocycles. The van der Waals surface area contributed by atoms with Crippen molar-refractivity contribution in [3.8, 4) is 0 Å². The maximum Gasteiger partial charge on any atom is 0.240 e. The first-order chi connectivity index (χ1) is 11.8. The zero-order valence-corrected chi connectivity index (χ0v) is 15.9. The number of rotatable bonds is 8. The van der Waals surface area contributed by atoms with E-state index in [9.17, 15) is 13.5 Å². The molecule has 0 saturated carbocycles. The summed E-state index contributed by atoms with van der Waals surface area (Å²) in [5.74, 6) is 0.134. The van der Waals surface area contributed by atoms with Gasteiger partial charge in [0.1, 0.15) is 0 Å². The second kappa shape index (κ2) is 8.61. The van der Waals surface area contributed by atoms with Crippen LogP contribution in [0.1, 0.15) is 41.0 Å². The summed E-state index contributed by atoms with van der Waals surface area (Å²) < 4.78 is 28.0. The zero-order valence-electron chi connectivity index (χ0n) is 15.1. The van der Waals surface area contributed by atoms with Gasteiger partial charge in [0.15, 0.2) is 0 Å². The first-order valence-corrected chi connectivity index (χ1v) is 10.1. The Balaban J connectivity index is 2.08. The molecule has 0 aromatic heterocycles. The summed E-state index contributed by atoms with van der Waals surface area (Å²) in [6, 6.07) is 13.5. The number of aliphatic hydroxyl groups excluding tert-OH is 1. The molecule has 0 bridgehead atoms. The smallest absolute Gasteiger partial charge is 0.240 e. The number of nitrogens with one attached hydrogen (secondary N) is 1. The number of benzene rings is 2. The van der Waals surface area contributed by atoms with Crippen molar-refractivity contribution in [1.82, 2.24) is 4.72 Å². The van der Waals surface area contributed by atoms with Crippen LogP contribution >= 0.6 is 0 Å². The van der Waals surface area contributed by atoms with E-state index >= 15 is 0 Å². The van der Waals surface area contributed by atoms with E-state index in [4.69, 9.17) is 0 Å². The predicted octanol–water partition coefficient (Wildman–Crippen LogP) is 3.45. The molecule has 2 aromatic rings. The number of hydrogen-bond acceptors (Lipinski definition) is 3. The van der Waals surface area contributed by atoms with Crippen molar-refractivity contribution in [1.29, 1.82) is 0 Å². The van der Waals surface area contributed by atoms with Gasteiger partial charge in [-0.3, -0.25) is 0 Å². The van der Waals surface area contributed by atoms with Crippen LogP contribution in [0.2, 0.25) is 0 Å². The second-order valence-electron chi connectivity index (χ2n) is 6.51. The monoisotopic (exact) mass is 361 g/mol. The molecule has 0 aliphatic heterocycles. The van der Waals surface area contributed by atoms with Crippen molar-refractivity contribution in [3.63, 3.8) is 0 Å². The van der Waals surface area contributed by atoms with Crippen LogP contribution in [0.4, 0.5) is 0 Å². The van der Waals surface area contributed by atoms with Gasteiger partial charge >= 0.3 is 0 Å². The van der Waals surface area contributed by atoms with Gasteiger partial charge in [0.05, 0.1) is 4.90 Å². The topological polar surface area (TPSA) is 66.4 Å². The lowest BCUT2D eigenvalue weighted by atomic mass is 9.93. The maximum atomic E-state index is 12.6. The van der Waals surface area contributed by atoms with Crippen LogP contribution in [0.25, 0.3) is 0 Å². The van der Waals surface area contributed by atoms with E-state index in [0.29, 0.717) is 24.3 Å². The minimum atomic E-state index is -3.54. The first kappa shape index (κ1) is 19.6. The Bertz CT molecular complexity index is 801. The lowest BCUT2D eigenvalue weighted by Gasteiger charge is -2.17. The van der Waals surface area contributed by atoms with Crippen molar-refractivity contribution >= 4 is 10.0 Å². The molecule has 5 heteroatoms. The third-order valence-electron chi connectivity index (χ3n) is 4.61. The average molecular weight is 362 g/mol. The number of sulfonamides is 1. The van der Waals surface area contributed by atoms with Gasteiger partial charge in [-0.1, -0.05) is 36.4 Å². The van der Waals surface area contributed by atoms with Gasteiger partial charge in [-0.2, -0.15) is 0 Å². The standard InChI is InChI=1S/C20H27NO3S/c1-15-13-17(3)20(14-16(15)2)25(23,24)21-11-9-19(10-12-22)18-7-5-4-6-8-18/h4-8,13-14,19,21-22H,9-12H2,1-3H3. The molecule has 25 heavy (non-hydrogen) atoms. The van der Waals surface area contributed by atoms with Crippen LogP contribution in [0.5, 0.6) is 0 Å². The van der Waals surface area contributed by atoms with E-state index in [2.05, 4.69) is 4.72 Å². The van der Waals surface area contributed by atoms with Gasteiger partial charge in [-0.25, -0.2) is 13.1 Å². The molecule has 0 fully saturated rings. The summed E-state index contributed by atoms with van der Waals surface area (Å²) in [6.07, 6.45) is 1.27. The Kier molecular flexibility index (Phi) is 6.76. The van der Waals surface area contributed by atoms with Gasteiger partial charge in [0.2, 0.25) is 10.0 Å². The Morgan fingerprint density at radius 3 is 2.24 bits per heavy atom. The van der Waals surface area contributed by atoms with Crippen LogP contribution in [0.3, 0.4) is 0 Å². The van der Waals surface area contributed by atoms with Crippen molar-refractivity contribution < 1.29 is 13.5 Å². The van der Waals surface area contributed by atoms with Crippen molar-refractivity contribution in [2.45, 2.75) is 44.4 Å². The predicted molar refractivity (Wildman–Crippen MR) is 101 cm³/mol. The minimum absolute atomic E-state index is 0.0859. The third-order valence-corrected chi connectivity index (χ3v) is 6.22. The van der Waals surface area contributed by atoms with Crippen molar-refractivity contribution in [2.24, 2.45) is 0 Å². The fourth-order valence-electron chi connectivity index (χ4n) is 3.03. The first-order valence-electron chi connectivity index (χ1n) is 8.58. The van der Waals surface area contributed by atoms with E-state index in [-0.39, 0.29) is 12.5 Å². The molecule has 0 amide bonds. The molecule has 0 radical (unpaired) electrons. The SMILES string of the molecule is Cc1cc(C)c(S(=O)(=O)NCCC(CCO)c2ccccc2)cc1C. The molecule has 0 aliphatic rings. The molecule has 2 N–H and O–H groups in total. The Hall–Kier alpha value is -1.69. The fraction of sp³-hybridized carbons (Fsp3) is 0.400. The highest BCUT2D eigenvalue weighted by Crippen LogP contribution is 2.24. The highest BCUT2D eigenvalue weighted by atomic mass is 32.2. The number of aliphatic hydroxyl groups is 1. The van der Waals surface area contributed by atoms with E-state index in [0.717, 1.165) is 22.3 Å². The van der Waals surface area contributed by atoms with Gasteiger partial charge in [0.25, 0.3) is 0 Å². The summed E-state index contributed by atoms with van der Waals surface area (Å²) in [6.45, 7) is 6.14. The van der Waals surface area contributed by atoms with Gasteiger partial charge in [0, 0.05) is 13.2 Å². The van der Waals surface area contributed by atoms with Crippen LogP contribution in [-0.4, -0.2) is 26.7 Å². The van der Waals surface area contributed by atoms with E-state index in [1.165, 1.54) is 0 Å². The lowest BCUT2D eigenvalue weighted by molar-refractivity contribution is 0.273. The number of hydrogen-bond donors (Lipinski definition) is 2. The largest absolute Gasteiger partial charge is 0.396 e. The van der Waals surface area contributed by atoms with Gasteiger partial charge < -0.3 is 5.11 Å². The summed E-state index contributed by atoms with van der Waals surface area (Å²) in [5, 5.41) is 9.29. The molecule has 2 aromatic carbocycles. The van der Waals surface area contributed by atoms with E-state index in [1.807, 2.05) is 57.2 Å². The molecule has 2 rings (SSSR count). The molecular formula is C20H27NO3S. The Labute approximate surface area is 151 Å². The number of aryl methyl sites for hydroxylation is 3. The summed E-state index contributed by atoms with van der Waals surface area (Å²) in [5.41, 5.74) is 3.93. The van der Waals surface area contributed by atoms with Crippen LogP contribution in [0.15, 0.2) is 47.4 Å². The molecule has 4 nitrogen and oxygen atoms in total. The van der Waals surface area contributed by atoms with Gasteiger partial charge in [-0.15, -0.1) is 0 Å². The normalized spacial score (nSPS) is 13.0. The highest BCUT2D eigenvalue weighted by Gasteiger charge is 2.19. The summed E-state index contributed by atoms with van der Waals surface area (Å²) in [7, 11) is -3.54. The van der Waals surface area contributed by atoms with E-state index < -0.39 is 10.0 Å². The van der Waals surface area contributed by atoms with Crippen LogP contribution < -0.4 is 4.72 Å². The molecular weight excluding hydrogens is 334 g/mol. The highest BCUT2D eigenvalue weighted by molar-refractivity contribution is 7.89.